The van der Waals surface area contributed by atoms with E-state index < -0.39 is 11.9 Å². The van der Waals surface area contributed by atoms with Crippen LogP contribution < -0.4 is 9.47 Å². The van der Waals surface area contributed by atoms with Gasteiger partial charge in [-0.2, -0.15) is 0 Å². The molecule has 1 aromatic heterocycles. The Hall–Kier alpha value is -4.57. The lowest BCUT2D eigenvalue weighted by Gasteiger charge is -2.10. The van der Waals surface area contributed by atoms with Crippen molar-refractivity contribution in [2.45, 2.75) is 38.5 Å². The van der Waals surface area contributed by atoms with Crippen LogP contribution in [0.15, 0.2) is 66.7 Å². The first kappa shape index (κ1) is 28.0. The largest absolute Gasteiger partial charge is 0.497 e. The number of hydrogen-bond acceptors (Lipinski definition) is 5. The number of unbranched alkanes of at least 4 members (excludes halogenated alkanes) is 2. The minimum atomic E-state index is -0.903. The van der Waals surface area contributed by atoms with E-state index in [1.54, 1.807) is 43.5 Å². The molecule has 3 aromatic rings. The van der Waals surface area contributed by atoms with Crippen LogP contribution >= 0.6 is 0 Å². The van der Waals surface area contributed by atoms with Crippen LogP contribution in [0.25, 0.3) is 6.08 Å². The Morgan fingerprint density at radius 2 is 1.68 bits per heavy atom. The number of methoxy groups -OCH3 is 1. The van der Waals surface area contributed by atoms with E-state index in [-0.39, 0.29) is 19.3 Å². The normalized spacial score (nSPS) is 10.6. The Morgan fingerprint density at radius 3 is 2.37 bits per heavy atom. The third kappa shape index (κ3) is 9.82. The molecule has 7 heteroatoms. The van der Waals surface area contributed by atoms with Crippen LogP contribution in [0.3, 0.4) is 0 Å². The molecule has 38 heavy (non-hydrogen) atoms. The van der Waals surface area contributed by atoms with Gasteiger partial charge in [-0.3, -0.25) is 9.59 Å². The zero-order valence-corrected chi connectivity index (χ0v) is 21.4. The number of aromatic nitrogens is 1. The van der Waals surface area contributed by atoms with Gasteiger partial charge in [0, 0.05) is 12.0 Å². The van der Waals surface area contributed by atoms with Gasteiger partial charge in [0.15, 0.2) is 0 Å². The summed E-state index contributed by atoms with van der Waals surface area (Å²) in [6.45, 7) is 0.506. The smallest absolute Gasteiger partial charge is 0.307 e. The lowest BCUT2D eigenvalue weighted by molar-refractivity contribution is -0.137. The van der Waals surface area contributed by atoms with Gasteiger partial charge in [-0.05, 0) is 72.7 Å². The fourth-order valence-corrected chi connectivity index (χ4v) is 3.59. The molecule has 0 aliphatic heterocycles. The quantitative estimate of drug-likeness (QED) is 0.233. The Morgan fingerprint density at radius 1 is 0.921 bits per heavy atom. The van der Waals surface area contributed by atoms with Crippen molar-refractivity contribution >= 4 is 18.0 Å². The standard InChI is InChI=1S/C31H31NO6/c1-37-27-16-12-23(13-17-27)6-4-2-3-5-21-38-29-19-15-26(32-28(29)18-20-30(33)34)14-11-24-7-9-25(10-8-24)22-31(35)36/h4,6-10,12-13,15-17,19H,2-3,5,18,20-22H2,1H3,(H,33,34)(H,35,36). The fourth-order valence-electron chi connectivity index (χ4n) is 3.59. The topological polar surface area (TPSA) is 106 Å². The second-order valence-corrected chi connectivity index (χ2v) is 8.57. The number of carboxylic acid groups (broad SMARTS) is 2. The second-order valence-electron chi connectivity index (χ2n) is 8.57. The van der Waals surface area contributed by atoms with E-state index in [2.05, 4.69) is 29.0 Å². The molecule has 0 aliphatic carbocycles. The van der Waals surface area contributed by atoms with Crippen molar-refractivity contribution in [2.75, 3.05) is 13.7 Å². The van der Waals surface area contributed by atoms with E-state index in [1.165, 1.54) is 0 Å². The summed E-state index contributed by atoms with van der Waals surface area (Å²) >= 11 is 0. The van der Waals surface area contributed by atoms with Crippen molar-refractivity contribution in [3.05, 3.63) is 94.8 Å². The number of aliphatic carboxylic acids is 2. The number of pyridine rings is 1. The minimum absolute atomic E-state index is 0.0376. The lowest BCUT2D eigenvalue weighted by atomic mass is 10.1. The molecular formula is C31H31NO6. The minimum Gasteiger partial charge on any atom is -0.497 e. The van der Waals surface area contributed by atoms with Gasteiger partial charge < -0.3 is 19.7 Å². The van der Waals surface area contributed by atoms with E-state index in [9.17, 15) is 9.59 Å². The molecule has 0 atom stereocenters. The van der Waals surface area contributed by atoms with Crippen LogP contribution in [0.1, 0.15) is 53.8 Å². The number of nitrogens with zero attached hydrogens (tertiary/aromatic N) is 1. The number of carbonyl (C=O) groups is 2. The SMILES string of the molecule is COc1ccc(C=CCCCCOc2ccc(C#Cc3ccc(CC(=O)O)cc3)nc2CCC(=O)O)cc1. The molecule has 0 bridgehead atoms. The summed E-state index contributed by atoms with van der Waals surface area (Å²) in [5.41, 5.74) is 3.63. The summed E-state index contributed by atoms with van der Waals surface area (Å²) in [7, 11) is 1.65. The van der Waals surface area contributed by atoms with E-state index in [0.717, 1.165) is 36.1 Å². The highest BCUT2D eigenvalue weighted by molar-refractivity contribution is 5.70. The molecular weight excluding hydrogens is 482 g/mol. The summed E-state index contributed by atoms with van der Waals surface area (Å²) in [6.07, 6.45) is 7.10. The molecule has 2 N–H and O–H groups in total. The molecule has 0 aliphatic rings. The summed E-state index contributed by atoms with van der Waals surface area (Å²) in [6, 6.07) is 18.4. The molecule has 0 saturated carbocycles. The first-order valence-electron chi connectivity index (χ1n) is 12.4. The molecule has 0 amide bonds. The molecule has 1 heterocycles. The van der Waals surface area contributed by atoms with Crippen LogP contribution in [0.4, 0.5) is 0 Å². The van der Waals surface area contributed by atoms with Gasteiger partial charge >= 0.3 is 11.9 Å². The first-order chi connectivity index (χ1) is 18.4. The average molecular weight is 514 g/mol. The summed E-state index contributed by atoms with van der Waals surface area (Å²) in [5, 5.41) is 18.0. The van der Waals surface area contributed by atoms with Crippen molar-refractivity contribution in [1.82, 2.24) is 4.98 Å². The summed E-state index contributed by atoms with van der Waals surface area (Å²) in [4.78, 5) is 26.5. The van der Waals surface area contributed by atoms with Crippen molar-refractivity contribution in [3.63, 3.8) is 0 Å². The van der Waals surface area contributed by atoms with Crippen LogP contribution in [0.2, 0.25) is 0 Å². The zero-order valence-electron chi connectivity index (χ0n) is 21.4. The van der Waals surface area contributed by atoms with Crippen LogP contribution in [-0.2, 0) is 22.4 Å². The highest BCUT2D eigenvalue weighted by atomic mass is 16.5. The van der Waals surface area contributed by atoms with Crippen molar-refractivity contribution < 1.29 is 29.3 Å². The lowest BCUT2D eigenvalue weighted by Crippen LogP contribution is -2.05. The van der Waals surface area contributed by atoms with Crippen LogP contribution in [-0.4, -0.2) is 40.9 Å². The molecule has 3 rings (SSSR count). The van der Waals surface area contributed by atoms with Crippen molar-refractivity contribution in [2.24, 2.45) is 0 Å². The number of rotatable bonds is 13. The first-order valence-corrected chi connectivity index (χ1v) is 12.4. The number of carboxylic acids is 2. The maximum atomic E-state index is 11.1. The molecule has 0 saturated heterocycles. The molecule has 0 spiro atoms. The summed E-state index contributed by atoms with van der Waals surface area (Å²) in [5.74, 6) is 5.62. The zero-order chi connectivity index (χ0) is 27.2. The molecule has 196 valence electrons. The van der Waals surface area contributed by atoms with Crippen molar-refractivity contribution in [1.29, 1.82) is 0 Å². The second kappa shape index (κ2) is 14.9. The Balaban J connectivity index is 1.54. The van der Waals surface area contributed by atoms with Crippen LogP contribution in [0, 0.1) is 11.8 Å². The van der Waals surface area contributed by atoms with Gasteiger partial charge in [-0.25, -0.2) is 4.98 Å². The van der Waals surface area contributed by atoms with Gasteiger partial charge in [-0.15, -0.1) is 0 Å². The number of allylic oxidation sites excluding steroid dienone is 1. The monoisotopic (exact) mass is 513 g/mol. The Labute approximate surface area is 222 Å². The highest BCUT2D eigenvalue weighted by Crippen LogP contribution is 2.20. The van der Waals surface area contributed by atoms with Gasteiger partial charge in [0.1, 0.15) is 17.2 Å². The Bertz CT molecular complexity index is 1300. The summed E-state index contributed by atoms with van der Waals surface area (Å²) < 4.78 is 11.1. The van der Waals surface area contributed by atoms with Gasteiger partial charge in [0.25, 0.3) is 0 Å². The third-order valence-corrected chi connectivity index (χ3v) is 5.60. The van der Waals surface area contributed by atoms with E-state index in [0.29, 0.717) is 29.3 Å². The predicted octanol–water partition coefficient (Wildman–Crippen LogP) is 5.40. The number of hydrogen-bond donors (Lipinski definition) is 2. The molecule has 0 unspecified atom stereocenters. The van der Waals surface area contributed by atoms with E-state index in [1.807, 2.05) is 24.3 Å². The van der Waals surface area contributed by atoms with Crippen LogP contribution in [0.5, 0.6) is 11.5 Å². The van der Waals surface area contributed by atoms with E-state index >= 15 is 0 Å². The maximum absolute atomic E-state index is 11.1. The third-order valence-electron chi connectivity index (χ3n) is 5.60. The average Bonchev–Trinajstić information content (AvgIpc) is 2.91. The molecule has 7 nitrogen and oxygen atoms in total. The molecule has 2 aromatic carbocycles. The fraction of sp³-hybridized carbons (Fsp3) is 0.258. The van der Waals surface area contributed by atoms with Crippen molar-refractivity contribution in [3.8, 4) is 23.3 Å². The number of aryl methyl sites for hydroxylation is 1. The molecule has 0 radical (unpaired) electrons. The predicted molar refractivity (Wildman–Crippen MR) is 145 cm³/mol. The van der Waals surface area contributed by atoms with Gasteiger partial charge in [-0.1, -0.05) is 42.3 Å². The van der Waals surface area contributed by atoms with Gasteiger partial charge in [0.05, 0.1) is 32.3 Å². The number of ether oxygens (including phenoxy) is 2. The highest BCUT2D eigenvalue weighted by Gasteiger charge is 2.09. The molecule has 0 fully saturated rings. The van der Waals surface area contributed by atoms with Gasteiger partial charge in [0.2, 0.25) is 0 Å². The van der Waals surface area contributed by atoms with E-state index in [4.69, 9.17) is 19.7 Å². The number of benzene rings is 2. The maximum Gasteiger partial charge on any atom is 0.307 e. The Kier molecular flexibility index (Phi) is 11.0.